The van der Waals surface area contributed by atoms with Crippen molar-refractivity contribution in [3.05, 3.63) is 42.1 Å². The zero-order valence-corrected chi connectivity index (χ0v) is 12.1. The molecule has 0 bridgehead atoms. The molecule has 3 rings (SSSR count). The molecule has 3 N–H and O–H groups in total. The first-order valence-corrected chi connectivity index (χ1v) is 7.59. The van der Waals surface area contributed by atoms with E-state index in [0.717, 1.165) is 35.7 Å². The van der Waals surface area contributed by atoms with Crippen molar-refractivity contribution in [3.8, 4) is 0 Å². The second kappa shape index (κ2) is 6.22. The molecule has 2 aromatic rings. The van der Waals surface area contributed by atoms with Gasteiger partial charge in [0, 0.05) is 30.6 Å². The van der Waals surface area contributed by atoms with Crippen LogP contribution in [0, 0.1) is 5.92 Å². The van der Waals surface area contributed by atoms with Crippen molar-refractivity contribution in [2.24, 2.45) is 11.7 Å². The van der Waals surface area contributed by atoms with E-state index in [2.05, 4.69) is 10.3 Å². The molecule has 0 radical (unpaired) electrons. The summed E-state index contributed by atoms with van der Waals surface area (Å²) in [4.78, 5) is 16.5. The average molecular weight is 283 g/mol. The van der Waals surface area contributed by atoms with E-state index in [1.54, 1.807) is 6.20 Å². The molecular formula is C17H21N3O. The number of rotatable bonds is 4. The number of nitrogens with one attached hydrogen (secondary N) is 1. The minimum Gasteiger partial charge on any atom is -0.352 e. The van der Waals surface area contributed by atoms with Crippen LogP contribution < -0.4 is 11.1 Å². The van der Waals surface area contributed by atoms with Gasteiger partial charge in [-0.15, -0.1) is 0 Å². The lowest BCUT2D eigenvalue weighted by atomic mass is 10.00. The van der Waals surface area contributed by atoms with Crippen LogP contribution in [0.15, 0.2) is 36.5 Å². The highest BCUT2D eigenvalue weighted by atomic mass is 16.1. The van der Waals surface area contributed by atoms with Crippen LogP contribution in [0.25, 0.3) is 10.9 Å². The van der Waals surface area contributed by atoms with Gasteiger partial charge in [0.25, 0.3) is 0 Å². The van der Waals surface area contributed by atoms with Crippen LogP contribution in [0.2, 0.25) is 0 Å². The number of hydrogen-bond acceptors (Lipinski definition) is 3. The van der Waals surface area contributed by atoms with E-state index in [1.165, 1.54) is 0 Å². The summed E-state index contributed by atoms with van der Waals surface area (Å²) in [5.41, 5.74) is 8.03. The summed E-state index contributed by atoms with van der Waals surface area (Å²) in [7, 11) is 0. The second-order valence-corrected chi connectivity index (χ2v) is 5.83. The number of nitrogens with zero attached hydrogens (tertiary/aromatic N) is 1. The predicted octanol–water partition coefficient (Wildman–Crippen LogP) is 2.37. The minimum absolute atomic E-state index is 0.0882. The lowest BCUT2D eigenvalue weighted by Gasteiger charge is -2.15. The fourth-order valence-electron chi connectivity index (χ4n) is 3.13. The molecule has 0 spiro atoms. The van der Waals surface area contributed by atoms with Gasteiger partial charge in [0.05, 0.1) is 5.52 Å². The highest BCUT2D eigenvalue weighted by Gasteiger charge is 2.25. The first kappa shape index (κ1) is 14.0. The highest BCUT2D eigenvalue weighted by molar-refractivity contribution is 5.82. The summed E-state index contributed by atoms with van der Waals surface area (Å²) < 4.78 is 0. The van der Waals surface area contributed by atoms with E-state index in [9.17, 15) is 4.79 Å². The van der Waals surface area contributed by atoms with Gasteiger partial charge in [0.15, 0.2) is 0 Å². The first-order chi connectivity index (χ1) is 10.2. The molecule has 1 amide bonds. The Balaban J connectivity index is 1.62. The Hall–Kier alpha value is -1.94. The molecule has 21 heavy (non-hydrogen) atoms. The van der Waals surface area contributed by atoms with E-state index in [-0.39, 0.29) is 11.9 Å². The third-order valence-electron chi connectivity index (χ3n) is 4.36. The van der Waals surface area contributed by atoms with E-state index in [1.807, 2.05) is 30.3 Å². The van der Waals surface area contributed by atoms with Crippen molar-refractivity contribution in [3.63, 3.8) is 0 Å². The van der Waals surface area contributed by atoms with Gasteiger partial charge in [0.1, 0.15) is 0 Å². The van der Waals surface area contributed by atoms with Gasteiger partial charge < -0.3 is 11.1 Å². The van der Waals surface area contributed by atoms with Crippen molar-refractivity contribution in [2.75, 3.05) is 0 Å². The molecular weight excluding hydrogens is 262 g/mol. The number of benzene rings is 1. The number of carbonyl (C=O) groups is 1. The maximum absolute atomic E-state index is 12.1. The molecule has 1 heterocycles. The summed E-state index contributed by atoms with van der Waals surface area (Å²) in [6.45, 7) is 0.523. The number of carbonyl (C=O) groups excluding carboxylic acids is 1. The monoisotopic (exact) mass is 283 g/mol. The lowest BCUT2D eigenvalue weighted by Crippen LogP contribution is -2.31. The number of amides is 1. The number of hydrogen-bond donors (Lipinski definition) is 2. The highest BCUT2D eigenvalue weighted by Crippen LogP contribution is 2.26. The van der Waals surface area contributed by atoms with Gasteiger partial charge >= 0.3 is 0 Å². The van der Waals surface area contributed by atoms with Gasteiger partial charge in [-0.2, -0.15) is 0 Å². The predicted molar refractivity (Wildman–Crippen MR) is 83.5 cm³/mol. The average Bonchev–Trinajstić information content (AvgIpc) is 2.90. The summed E-state index contributed by atoms with van der Waals surface area (Å²) >= 11 is 0. The van der Waals surface area contributed by atoms with E-state index in [4.69, 9.17) is 5.73 Å². The van der Waals surface area contributed by atoms with Crippen molar-refractivity contribution >= 4 is 16.8 Å². The standard InChI is InChI=1S/C17H21N3O/c18-15-8-2-5-13(15)10-16(21)20-11-14-6-1-4-12-7-3-9-19-17(12)14/h1,3-4,6-7,9,13,15H,2,5,8,10-11,18H2,(H,20,21)/t13-,15+/m0/s1. The van der Waals surface area contributed by atoms with Crippen molar-refractivity contribution in [1.82, 2.24) is 10.3 Å². The molecule has 1 fully saturated rings. The Kier molecular flexibility index (Phi) is 4.15. The summed E-state index contributed by atoms with van der Waals surface area (Å²) in [5, 5.41) is 4.10. The van der Waals surface area contributed by atoms with Crippen LogP contribution in [0.1, 0.15) is 31.2 Å². The van der Waals surface area contributed by atoms with Gasteiger partial charge in [-0.05, 0) is 30.4 Å². The fraction of sp³-hybridized carbons (Fsp3) is 0.412. The minimum atomic E-state index is 0.0882. The maximum Gasteiger partial charge on any atom is 0.220 e. The Morgan fingerprint density at radius 2 is 2.14 bits per heavy atom. The molecule has 0 aliphatic heterocycles. The molecule has 1 aliphatic rings. The SMILES string of the molecule is N[C@@H]1CCC[C@H]1CC(=O)NCc1cccc2cccnc12. The van der Waals surface area contributed by atoms with Crippen LogP contribution in [0.5, 0.6) is 0 Å². The molecule has 0 unspecified atom stereocenters. The quantitative estimate of drug-likeness (QED) is 0.905. The van der Waals surface area contributed by atoms with Crippen LogP contribution in [0.3, 0.4) is 0 Å². The largest absolute Gasteiger partial charge is 0.352 e. The fourth-order valence-corrected chi connectivity index (χ4v) is 3.13. The molecule has 110 valence electrons. The maximum atomic E-state index is 12.1. The zero-order valence-electron chi connectivity index (χ0n) is 12.1. The molecule has 1 aromatic heterocycles. The van der Waals surface area contributed by atoms with E-state index >= 15 is 0 Å². The van der Waals surface area contributed by atoms with Crippen molar-refractivity contribution in [1.29, 1.82) is 0 Å². The number of nitrogens with two attached hydrogens (primary N) is 1. The molecule has 1 saturated carbocycles. The van der Waals surface area contributed by atoms with Gasteiger partial charge in [-0.25, -0.2) is 0 Å². The summed E-state index contributed by atoms with van der Waals surface area (Å²) in [5.74, 6) is 0.431. The molecule has 1 aromatic carbocycles. The molecule has 4 nitrogen and oxygen atoms in total. The first-order valence-electron chi connectivity index (χ1n) is 7.59. The van der Waals surface area contributed by atoms with Gasteiger partial charge in [-0.1, -0.05) is 30.7 Å². The number of fused-ring (bicyclic) bond motifs is 1. The third kappa shape index (κ3) is 3.22. The number of pyridine rings is 1. The zero-order chi connectivity index (χ0) is 14.7. The molecule has 1 aliphatic carbocycles. The molecule has 4 heteroatoms. The Morgan fingerprint density at radius 3 is 2.95 bits per heavy atom. The van der Waals surface area contributed by atoms with Crippen molar-refractivity contribution in [2.45, 2.75) is 38.3 Å². The van der Waals surface area contributed by atoms with Gasteiger partial charge in [-0.3, -0.25) is 9.78 Å². The number of para-hydroxylation sites is 1. The Labute approximate surface area is 124 Å². The van der Waals surface area contributed by atoms with E-state index < -0.39 is 0 Å². The van der Waals surface area contributed by atoms with Crippen LogP contribution in [-0.4, -0.2) is 16.9 Å². The van der Waals surface area contributed by atoms with Crippen LogP contribution >= 0.6 is 0 Å². The lowest BCUT2D eigenvalue weighted by molar-refractivity contribution is -0.122. The summed E-state index contributed by atoms with van der Waals surface area (Å²) in [6, 6.07) is 10.2. The molecule has 2 atom stereocenters. The summed E-state index contributed by atoms with van der Waals surface area (Å²) in [6.07, 6.45) is 5.59. The van der Waals surface area contributed by atoms with Gasteiger partial charge in [0.2, 0.25) is 5.91 Å². The number of aromatic nitrogens is 1. The van der Waals surface area contributed by atoms with Crippen LogP contribution in [-0.2, 0) is 11.3 Å². The van der Waals surface area contributed by atoms with Crippen molar-refractivity contribution < 1.29 is 4.79 Å². The smallest absolute Gasteiger partial charge is 0.220 e. The topological polar surface area (TPSA) is 68.0 Å². The normalized spacial score (nSPS) is 21.6. The third-order valence-corrected chi connectivity index (χ3v) is 4.36. The van der Waals surface area contributed by atoms with Crippen LogP contribution in [0.4, 0.5) is 0 Å². The Bertz CT molecular complexity index is 635. The Morgan fingerprint density at radius 1 is 1.29 bits per heavy atom. The molecule has 0 saturated heterocycles. The van der Waals surface area contributed by atoms with E-state index in [0.29, 0.717) is 18.9 Å². The second-order valence-electron chi connectivity index (χ2n) is 5.83.